The Morgan fingerprint density at radius 2 is 1.95 bits per heavy atom. The Morgan fingerprint density at radius 3 is 2.55 bits per heavy atom. The van der Waals surface area contributed by atoms with E-state index in [4.69, 9.17) is 4.74 Å². The summed E-state index contributed by atoms with van der Waals surface area (Å²) in [4.78, 5) is 8.63. The molecule has 4 nitrogen and oxygen atoms in total. The van der Waals surface area contributed by atoms with Gasteiger partial charge in [-0.25, -0.2) is 9.98 Å². The molecule has 0 aromatic rings. The highest BCUT2D eigenvalue weighted by molar-refractivity contribution is 7.37. The number of rotatable bonds is 6. The van der Waals surface area contributed by atoms with Gasteiger partial charge in [-0.1, -0.05) is 33.1 Å². The molecule has 0 aromatic heterocycles. The largest absolute Gasteiger partial charge is 0.376 e. The van der Waals surface area contributed by atoms with Crippen LogP contribution < -0.4 is 5.32 Å². The van der Waals surface area contributed by atoms with Gasteiger partial charge < -0.3 is 10.1 Å². The maximum Gasteiger partial charge on any atom is 0.0895 e. The van der Waals surface area contributed by atoms with Crippen LogP contribution in [0.2, 0.25) is 0 Å². The van der Waals surface area contributed by atoms with Gasteiger partial charge in [0.2, 0.25) is 0 Å². The second-order valence-electron chi connectivity index (χ2n) is 5.85. The van der Waals surface area contributed by atoms with E-state index < -0.39 is 0 Å². The Kier molecular flexibility index (Phi) is 12.9. The van der Waals surface area contributed by atoms with Crippen LogP contribution in [0.5, 0.6) is 0 Å². The summed E-state index contributed by atoms with van der Waals surface area (Å²) in [6, 6.07) is 3.35. The molecule has 0 amide bonds. The number of nitrogens with zero attached hydrogens (tertiary/aromatic N) is 2. The molecule has 0 radical (unpaired) electrons. The van der Waals surface area contributed by atoms with Crippen molar-refractivity contribution in [2.24, 2.45) is 9.98 Å². The van der Waals surface area contributed by atoms with Crippen LogP contribution in [-0.2, 0) is 4.74 Å². The van der Waals surface area contributed by atoms with E-state index in [-0.39, 0.29) is 0 Å². The van der Waals surface area contributed by atoms with Crippen molar-refractivity contribution in [2.75, 3.05) is 38.6 Å². The highest BCUT2D eigenvalue weighted by atomic mass is 31.1. The summed E-state index contributed by atoms with van der Waals surface area (Å²) in [6.07, 6.45) is 10.5. The van der Waals surface area contributed by atoms with E-state index in [2.05, 4.69) is 35.2 Å². The van der Waals surface area contributed by atoms with Crippen LogP contribution in [-0.4, -0.2) is 56.7 Å². The third-order valence-electron chi connectivity index (χ3n) is 3.95. The molecule has 2 aliphatic rings. The van der Waals surface area contributed by atoms with Gasteiger partial charge in [-0.2, -0.15) is 0 Å². The predicted octanol–water partition coefficient (Wildman–Crippen LogP) is 3.58. The van der Waals surface area contributed by atoms with Crippen LogP contribution in [0.15, 0.2) is 9.98 Å². The third-order valence-corrected chi connectivity index (χ3v) is 4.95. The number of morpholine rings is 1. The molecule has 5 heteroatoms. The SMILES string of the molecule is C(=NCCC1CNCCO1)=NC1CCCCC1.CCPCC. The van der Waals surface area contributed by atoms with Crippen molar-refractivity contribution in [1.82, 2.24) is 5.32 Å². The van der Waals surface area contributed by atoms with Crippen LogP contribution in [0.1, 0.15) is 52.4 Å². The highest BCUT2D eigenvalue weighted by Gasteiger charge is 2.12. The van der Waals surface area contributed by atoms with E-state index in [1.807, 2.05) is 0 Å². The maximum absolute atomic E-state index is 5.59. The van der Waals surface area contributed by atoms with Gasteiger partial charge in [0.25, 0.3) is 0 Å². The molecule has 1 atom stereocenters. The van der Waals surface area contributed by atoms with Gasteiger partial charge in [0, 0.05) is 13.1 Å². The fourth-order valence-corrected chi connectivity index (χ4v) is 3.15. The molecule has 1 N–H and O–H groups in total. The van der Waals surface area contributed by atoms with Crippen molar-refractivity contribution in [1.29, 1.82) is 0 Å². The number of hydrogen-bond donors (Lipinski definition) is 1. The quantitative estimate of drug-likeness (QED) is 0.599. The Bertz CT molecular complexity index is 305. The lowest BCUT2D eigenvalue weighted by Crippen LogP contribution is -2.38. The number of aliphatic imine (C=N–C) groups is 2. The molecule has 0 aromatic carbocycles. The van der Waals surface area contributed by atoms with Crippen molar-refractivity contribution >= 4 is 14.6 Å². The molecule has 1 saturated carbocycles. The van der Waals surface area contributed by atoms with Crippen molar-refractivity contribution in [3.8, 4) is 0 Å². The Morgan fingerprint density at radius 1 is 1.18 bits per heavy atom. The monoisotopic (exact) mass is 327 g/mol. The summed E-state index contributed by atoms with van der Waals surface area (Å²) in [6.45, 7) is 7.98. The molecule has 2 fully saturated rings. The first kappa shape index (κ1) is 19.8. The van der Waals surface area contributed by atoms with Crippen LogP contribution in [0, 0.1) is 0 Å². The van der Waals surface area contributed by atoms with Crippen molar-refractivity contribution in [2.45, 2.75) is 64.5 Å². The Hall–Kier alpha value is -0.270. The zero-order chi connectivity index (χ0) is 15.9. The first-order valence-electron chi connectivity index (χ1n) is 9.01. The first-order chi connectivity index (χ1) is 10.9. The highest BCUT2D eigenvalue weighted by Crippen LogP contribution is 2.19. The number of hydrogen-bond acceptors (Lipinski definition) is 4. The zero-order valence-electron chi connectivity index (χ0n) is 14.4. The van der Waals surface area contributed by atoms with E-state index >= 15 is 0 Å². The summed E-state index contributed by atoms with van der Waals surface area (Å²) in [5, 5.41) is 3.32. The van der Waals surface area contributed by atoms with Gasteiger partial charge in [0.15, 0.2) is 0 Å². The van der Waals surface area contributed by atoms with Gasteiger partial charge in [0.05, 0.1) is 31.3 Å². The van der Waals surface area contributed by atoms with Crippen LogP contribution in [0.3, 0.4) is 0 Å². The van der Waals surface area contributed by atoms with Crippen molar-refractivity contribution in [3.05, 3.63) is 0 Å². The van der Waals surface area contributed by atoms with E-state index in [0.29, 0.717) is 12.1 Å². The zero-order valence-corrected chi connectivity index (χ0v) is 15.4. The smallest absolute Gasteiger partial charge is 0.0895 e. The topological polar surface area (TPSA) is 46.0 Å². The standard InChI is InChI=1S/C13H23N3O.C4H11P/c1-2-4-12(5-3-1)16-11-15-7-6-13-10-14-8-9-17-13;1-3-5-4-2/h12-14H,1-10H2;5H,3-4H2,1-2H3. The van der Waals surface area contributed by atoms with E-state index in [1.54, 1.807) is 0 Å². The van der Waals surface area contributed by atoms with Gasteiger partial charge in [0.1, 0.15) is 0 Å². The molecule has 1 saturated heterocycles. The minimum Gasteiger partial charge on any atom is -0.376 e. The Balaban J connectivity index is 0.000000422. The fraction of sp³-hybridized carbons (Fsp3) is 0.941. The lowest BCUT2D eigenvalue weighted by atomic mass is 9.96. The summed E-state index contributed by atoms with van der Waals surface area (Å²) in [5.41, 5.74) is 0. The van der Waals surface area contributed by atoms with Crippen LogP contribution >= 0.6 is 8.58 Å². The maximum atomic E-state index is 5.59. The average molecular weight is 327 g/mol. The normalized spacial score (nSPS) is 22.2. The molecule has 0 spiro atoms. The number of ether oxygens (including phenoxy) is 1. The van der Waals surface area contributed by atoms with Gasteiger partial charge >= 0.3 is 0 Å². The lowest BCUT2D eigenvalue weighted by Gasteiger charge is -2.22. The molecule has 2 rings (SSSR count). The molecule has 1 heterocycles. The summed E-state index contributed by atoms with van der Waals surface area (Å²) >= 11 is 0. The van der Waals surface area contributed by atoms with Crippen LogP contribution in [0.25, 0.3) is 0 Å². The second-order valence-corrected chi connectivity index (χ2v) is 7.76. The fourth-order valence-electron chi connectivity index (χ4n) is 2.65. The predicted molar refractivity (Wildman–Crippen MR) is 98.2 cm³/mol. The molecule has 1 unspecified atom stereocenters. The molecule has 22 heavy (non-hydrogen) atoms. The van der Waals surface area contributed by atoms with Crippen molar-refractivity contribution < 1.29 is 4.74 Å². The number of nitrogens with one attached hydrogen (secondary N) is 1. The second kappa shape index (κ2) is 14.3. The average Bonchev–Trinajstić information content (AvgIpc) is 2.58. The molecule has 1 aliphatic carbocycles. The van der Waals surface area contributed by atoms with Gasteiger partial charge in [-0.15, -0.1) is 8.58 Å². The Labute approximate surface area is 138 Å². The molecular formula is C17H34N3OP. The van der Waals surface area contributed by atoms with Gasteiger partial charge in [-0.3, -0.25) is 0 Å². The van der Waals surface area contributed by atoms with E-state index in [1.165, 1.54) is 53.0 Å². The van der Waals surface area contributed by atoms with Gasteiger partial charge in [-0.05, 0) is 31.6 Å². The molecule has 1 aliphatic heterocycles. The van der Waals surface area contributed by atoms with E-state index in [9.17, 15) is 0 Å². The summed E-state index contributed by atoms with van der Waals surface area (Å²) < 4.78 is 5.59. The van der Waals surface area contributed by atoms with Crippen molar-refractivity contribution in [3.63, 3.8) is 0 Å². The summed E-state index contributed by atoms with van der Waals surface area (Å²) in [7, 11) is 1.20. The first-order valence-corrected chi connectivity index (χ1v) is 10.4. The van der Waals surface area contributed by atoms with Crippen LogP contribution in [0.4, 0.5) is 0 Å². The minimum atomic E-state index is 0.323. The third kappa shape index (κ3) is 10.5. The minimum absolute atomic E-state index is 0.323. The summed E-state index contributed by atoms with van der Waals surface area (Å²) in [5.74, 6) is 0. The molecule has 0 bridgehead atoms. The van der Waals surface area contributed by atoms with E-state index in [0.717, 1.165) is 32.7 Å². The molecule has 128 valence electrons. The lowest BCUT2D eigenvalue weighted by molar-refractivity contribution is 0.0253. The molecular weight excluding hydrogens is 293 g/mol.